The largest absolute Gasteiger partial charge is 0.377 e. The molecule has 0 bridgehead atoms. The number of nitrogens with one attached hydrogen (secondary N) is 2. The van der Waals surface area contributed by atoms with Crippen LogP contribution in [0.25, 0.3) is 0 Å². The van der Waals surface area contributed by atoms with Gasteiger partial charge >= 0.3 is 0 Å². The van der Waals surface area contributed by atoms with Crippen LogP contribution in [0, 0.1) is 13.8 Å². The van der Waals surface area contributed by atoms with Crippen molar-refractivity contribution in [2.24, 2.45) is 0 Å². The Bertz CT molecular complexity index is 987. The van der Waals surface area contributed by atoms with Gasteiger partial charge in [0.1, 0.15) is 0 Å². The van der Waals surface area contributed by atoms with E-state index >= 15 is 0 Å². The van der Waals surface area contributed by atoms with Gasteiger partial charge in [-0.1, -0.05) is 60.7 Å². The lowest BCUT2D eigenvalue weighted by Gasteiger charge is -2.22. The zero-order chi connectivity index (χ0) is 19.3. The van der Waals surface area contributed by atoms with Crippen LogP contribution in [0.4, 0.5) is 5.69 Å². The molecule has 0 spiro atoms. The molecule has 0 aliphatic heterocycles. The summed E-state index contributed by atoms with van der Waals surface area (Å²) >= 11 is 0. The molecule has 0 fully saturated rings. The van der Waals surface area contributed by atoms with Crippen LogP contribution in [0.15, 0.2) is 83.8 Å². The molecule has 3 rings (SSSR count). The first-order chi connectivity index (χ1) is 13.0. The topological polar surface area (TPSA) is 58.2 Å². The van der Waals surface area contributed by atoms with Crippen molar-refractivity contribution in [3.8, 4) is 0 Å². The van der Waals surface area contributed by atoms with Crippen LogP contribution in [0.3, 0.4) is 0 Å². The third-order valence-corrected chi connectivity index (χ3v) is 5.90. The molecule has 0 aliphatic carbocycles. The molecule has 4 nitrogen and oxygen atoms in total. The predicted molar refractivity (Wildman–Crippen MR) is 110 cm³/mol. The summed E-state index contributed by atoms with van der Waals surface area (Å²) in [7, 11) is -3.56. The SMILES string of the molecule is Cc1ccc(C)c(N[C@H](CNS(=O)(=O)c2ccccc2)c2ccccc2)c1. The van der Waals surface area contributed by atoms with E-state index in [2.05, 4.69) is 28.2 Å². The Morgan fingerprint density at radius 2 is 1.48 bits per heavy atom. The van der Waals surface area contributed by atoms with Crippen LogP contribution >= 0.6 is 0 Å². The fraction of sp³-hybridized carbons (Fsp3) is 0.182. The summed E-state index contributed by atoms with van der Waals surface area (Å²) < 4.78 is 27.9. The molecule has 0 aliphatic rings. The number of aryl methyl sites for hydroxylation is 2. The highest BCUT2D eigenvalue weighted by molar-refractivity contribution is 7.89. The molecule has 3 aromatic carbocycles. The highest BCUT2D eigenvalue weighted by Crippen LogP contribution is 2.23. The second-order valence-electron chi connectivity index (χ2n) is 6.59. The zero-order valence-electron chi connectivity index (χ0n) is 15.5. The van der Waals surface area contributed by atoms with Gasteiger partial charge in [0.05, 0.1) is 10.9 Å². The number of hydrogen-bond acceptors (Lipinski definition) is 3. The maximum absolute atomic E-state index is 12.6. The van der Waals surface area contributed by atoms with Gasteiger partial charge in [0.15, 0.2) is 0 Å². The summed E-state index contributed by atoms with van der Waals surface area (Å²) in [6.45, 7) is 4.33. The van der Waals surface area contributed by atoms with Crippen LogP contribution in [-0.2, 0) is 10.0 Å². The van der Waals surface area contributed by atoms with Gasteiger partial charge in [-0.25, -0.2) is 13.1 Å². The summed E-state index contributed by atoms with van der Waals surface area (Å²) in [6.07, 6.45) is 0. The van der Waals surface area contributed by atoms with Crippen molar-refractivity contribution in [1.29, 1.82) is 0 Å². The van der Waals surface area contributed by atoms with E-state index < -0.39 is 10.0 Å². The molecule has 0 saturated heterocycles. The van der Waals surface area contributed by atoms with Crippen LogP contribution in [0.2, 0.25) is 0 Å². The first-order valence-electron chi connectivity index (χ1n) is 8.89. The average molecular weight is 381 g/mol. The van der Waals surface area contributed by atoms with Gasteiger partial charge < -0.3 is 5.32 Å². The summed E-state index contributed by atoms with van der Waals surface area (Å²) in [5.74, 6) is 0. The van der Waals surface area contributed by atoms with Gasteiger partial charge in [-0.2, -0.15) is 0 Å². The molecule has 3 aromatic rings. The number of hydrogen-bond donors (Lipinski definition) is 2. The highest BCUT2D eigenvalue weighted by atomic mass is 32.2. The first-order valence-corrected chi connectivity index (χ1v) is 10.4. The van der Waals surface area contributed by atoms with Crippen molar-refractivity contribution < 1.29 is 8.42 Å². The minimum Gasteiger partial charge on any atom is -0.377 e. The fourth-order valence-electron chi connectivity index (χ4n) is 2.89. The Balaban J connectivity index is 1.84. The van der Waals surface area contributed by atoms with Gasteiger partial charge in [-0.3, -0.25) is 0 Å². The molecule has 0 saturated carbocycles. The van der Waals surface area contributed by atoms with Crippen molar-refractivity contribution in [3.63, 3.8) is 0 Å². The van der Waals surface area contributed by atoms with Crippen LogP contribution < -0.4 is 10.0 Å². The third-order valence-electron chi connectivity index (χ3n) is 4.46. The summed E-state index contributed by atoms with van der Waals surface area (Å²) in [5, 5.41) is 3.50. The molecule has 0 unspecified atom stereocenters. The second kappa shape index (κ2) is 8.37. The molecule has 1 atom stereocenters. The Morgan fingerprint density at radius 1 is 0.852 bits per heavy atom. The molecule has 140 valence electrons. The number of sulfonamides is 1. The third kappa shape index (κ3) is 4.96. The van der Waals surface area contributed by atoms with Crippen molar-refractivity contribution >= 4 is 15.7 Å². The molecular formula is C22H24N2O2S. The highest BCUT2D eigenvalue weighted by Gasteiger charge is 2.18. The fourth-order valence-corrected chi connectivity index (χ4v) is 3.96. The molecule has 0 radical (unpaired) electrons. The Hall–Kier alpha value is -2.63. The second-order valence-corrected chi connectivity index (χ2v) is 8.36. The summed E-state index contributed by atoms with van der Waals surface area (Å²) in [4.78, 5) is 0.267. The molecule has 0 heterocycles. The maximum atomic E-state index is 12.6. The van der Waals surface area contributed by atoms with Gasteiger partial charge in [0.25, 0.3) is 0 Å². The van der Waals surface area contributed by atoms with E-state index in [9.17, 15) is 8.42 Å². The predicted octanol–water partition coefficient (Wildman–Crippen LogP) is 4.44. The van der Waals surface area contributed by atoms with Gasteiger partial charge in [-0.05, 0) is 48.7 Å². The first kappa shape index (κ1) is 19.1. The summed E-state index contributed by atoms with van der Waals surface area (Å²) in [5.41, 5.74) is 4.30. The van der Waals surface area contributed by atoms with Gasteiger partial charge in [0.2, 0.25) is 10.0 Å². The van der Waals surface area contributed by atoms with E-state index in [0.717, 1.165) is 22.4 Å². The number of anilines is 1. The van der Waals surface area contributed by atoms with E-state index in [1.54, 1.807) is 30.3 Å². The normalized spacial score (nSPS) is 12.5. The lowest BCUT2D eigenvalue weighted by atomic mass is 10.0. The van der Waals surface area contributed by atoms with Crippen LogP contribution in [0.5, 0.6) is 0 Å². The standard InChI is InChI=1S/C22H24N2O2S/c1-17-13-14-18(2)21(15-17)24-22(19-9-5-3-6-10-19)16-23-27(25,26)20-11-7-4-8-12-20/h3-15,22-24H,16H2,1-2H3/t22-/m1/s1. The average Bonchev–Trinajstić information content (AvgIpc) is 2.69. The molecule has 0 aromatic heterocycles. The number of benzene rings is 3. The van der Waals surface area contributed by atoms with Gasteiger partial charge in [0, 0.05) is 12.2 Å². The Labute approximate surface area is 161 Å². The van der Waals surface area contributed by atoms with E-state index in [1.165, 1.54) is 0 Å². The minimum atomic E-state index is -3.56. The molecule has 2 N–H and O–H groups in total. The van der Waals surface area contributed by atoms with E-state index in [1.807, 2.05) is 44.2 Å². The van der Waals surface area contributed by atoms with Crippen molar-refractivity contribution in [2.75, 3.05) is 11.9 Å². The van der Waals surface area contributed by atoms with Crippen molar-refractivity contribution in [3.05, 3.63) is 95.6 Å². The summed E-state index contributed by atoms with van der Waals surface area (Å²) in [6, 6.07) is 24.3. The lowest BCUT2D eigenvalue weighted by Crippen LogP contribution is -2.31. The minimum absolute atomic E-state index is 0.190. The van der Waals surface area contributed by atoms with Crippen LogP contribution in [0.1, 0.15) is 22.7 Å². The van der Waals surface area contributed by atoms with Crippen molar-refractivity contribution in [1.82, 2.24) is 4.72 Å². The molecule has 5 heteroatoms. The quantitative estimate of drug-likeness (QED) is 0.637. The van der Waals surface area contributed by atoms with Crippen LogP contribution in [-0.4, -0.2) is 15.0 Å². The Kier molecular flexibility index (Phi) is 5.94. The maximum Gasteiger partial charge on any atom is 0.240 e. The lowest BCUT2D eigenvalue weighted by molar-refractivity contribution is 0.576. The smallest absolute Gasteiger partial charge is 0.240 e. The van der Waals surface area contributed by atoms with E-state index in [-0.39, 0.29) is 17.5 Å². The number of rotatable bonds is 7. The Morgan fingerprint density at radius 3 is 2.15 bits per heavy atom. The molecular weight excluding hydrogens is 356 g/mol. The monoisotopic (exact) mass is 380 g/mol. The molecule has 27 heavy (non-hydrogen) atoms. The van der Waals surface area contributed by atoms with E-state index in [4.69, 9.17) is 0 Å². The van der Waals surface area contributed by atoms with Gasteiger partial charge in [-0.15, -0.1) is 0 Å². The van der Waals surface area contributed by atoms with Crippen molar-refractivity contribution in [2.45, 2.75) is 24.8 Å². The van der Waals surface area contributed by atoms with E-state index in [0.29, 0.717) is 0 Å². The zero-order valence-corrected chi connectivity index (χ0v) is 16.3. The molecule has 0 amide bonds.